The molecule has 3 aromatic rings. The summed E-state index contributed by atoms with van der Waals surface area (Å²) in [6, 6.07) is 9.07. The first-order valence-corrected chi connectivity index (χ1v) is 11.9. The second-order valence-corrected chi connectivity index (χ2v) is 9.03. The molecule has 1 aliphatic carbocycles. The SMILES string of the molecule is Cn1cc(-n2cc(C(=O)NCCNC(=O)C3CCC(C(=O)c4ccccc4)CC3)c(C(F)(F)F)n2)cn1. The van der Waals surface area contributed by atoms with E-state index in [1.165, 1.54) is 17.1 Å². The van der Waals surface area contributed by atoms with E-state index in [4.69, 9.17) is 0 Å². The Labute approximate surface area is 211 Å². The first-order valence-electron chi connectivity index (χ1n) is 11.9. The van der Waals surface area contributed by atoms with E-state index in [2.05, 4.69) is 20.8 Å². The number of halogens is 3. The van der Waals surface area contributed by atoms with Crippen LogP contribution in [0, 0.1) is 11.8 Å². The lowest BCUT2D eigenvalue weighted by atomic mass is 9.78. The Bertz CT molecular complexity index is 1260. The smallest absolute Gasteiger partial charge is 0.354 e. The van der Waals surface area contributed by atoms with Crippen molar-refractivity contribution in [1.29, 1.82) is 0 Å². The van der Waals surface area contributed by atoms with Crippen LogP contribution in [0.5, 0.6) is 0 Å². The van der Waals surface area contributed by atoms with Crippen molar-refractivity contribution in [2.75, 3.05) is 13.1 Å². The van der Waals surface area contributed by atoms with Crippen LogP contribution in [0.1, 0.15) is 52.1 Å². The predicted octanol–water partition coefficient (Wildman–Crippen LogP) is 3.16. The van der Waals surface area contributed by atoms with Gasteiger partial charge in [0.15, 0.2) is 11.5 Å². The predicted molar refractivity (Wildman–Crippen MR) is 127 cm³/mol. The number of carbonyl (C=O) groups excluding carboxylic acids is 3. The quantitative estimate of drug-likeness (QED) is 0.353. The molecule has 37 heavy (non-hydrogen) atoms. The zero-order chi connectivity index (χ0) is 26.6. The lowest BCUT2D eigenvalue weighted by Gasteiger charge is -2.27. The molecule has 1 aliphatic rings. The van der Waals surface area contributed by atoms with Crippen molar-refractivity contribution in [2.24, 2.45) is 18.9 Å². The first kappa shape index (κ1) is 26.1. The van der Waals surface area contributed by atoms with Crippen molar-refractivity contribution in [3.8, 4) is 5.69 Å². The lowest BCUT2D eigenvalue weighted by Crippen LogP contribution is -2.39. The number of hydrogen-bond acceptors (Lipinski definition) is 5. The summed E-state index contributed by atoms with van der Waals surface area (Å²) in [7, 11) is 1.61. The van der Waals surface area contributed by atoms with E-state index < -0.39 is 23.3 Å². The van der Waals surface area contributed by atoms with Gasteiger partial charge in [0.05, 0.1) is 18.0 Å². The summed E-state index contributed by atoms with van der Waals surface area (Å²) >= 11 is 0. The van der Waals surface area contributed by atoms with Crippen LogP contribution in [-0.2, 0) is 18.0 Å². The monoisotopic (exact) mass is 516 g/mol. The van der Waals surface area contributed by atoms with E-state index in [1.54, 1.807) is 19.2 Å². The molecule has 0 spiro atoms. The maximum atomic E-state index is 13.5. The number of nitrogens with one attached hydrogen (secondary N) is 2. The molecule has 1 aromatic carbocycles. The number of aromatic nitrogens is 4. The van der Waals surface area contributed by atoms with E-state index in [-0.39, 0.29) is 42.3 Å². The molecule has 0 aliphatic heterocycles. The van der Waals surface area contributed by atoms with E-state index in [9.17, 15) is 27.6 Å². The molecule has 0 unspecified atom stereocenters. The molecule has 0 bridgehead atoms. The zero-order valence-corrected chi connectivity index (χ0v) is 20.2. The fraction of sp³-hybridized carbons (Fsp3) is 0.400. The largest absolute Gasteiger partial charge is 0.435 e. The van der Waals surface area contributed by atoms with Crippen LogP contribution >= 0.6 is 0 Å². The topological polar surface area (TPSA) is 111 Å². The first-order chi connectivity index (χ1) is 17.6. The third kappa shape index (κ3) is 6.25. The molecule has 1 fully saturated rings. The van der Waals surface area contributed by atoms with Crippen molar-refractivity contribution in [3.05, 3.63) is 65.7 Å². The third-order valence-corrected chi connectivity index (χ3v) is 6.42. The summed E-state index contributed by atoms with van der Waals surface area (Å²) in [6.07, 6.45) is 1.35. The molecule has 2 N–H and O–H groups in total. The summed E-state index contributed by atoms with van der Waals surface area (Å²) in [6.45, 7) is 0.00726. The van der Waals surface area contributed by atoms with Crippen LogP contribution in [0.2, 0.25) is 0 Å². The highest BCUT2D eigenvalue weighted by Crippen LogP contribution is 2.32. The molecule has 0 atom stereocenters. The molecule has 1 saturated carbocycles. The number of nitrogens with zero attached hydrogens (tertiary/aromatic N) is 4. The van der Waals surface area contributed by atoms with Crippen LogP contribution in [0.25, 0.3) is 5.69 Å². The number of rotatable bonds is 8. The minimum Gasteiger partial charge on any atom is -0.354 e. The van der Waals surface area contributed by atoms with E-state index in [0.717, 1.165) is 10.9 Å². The van der Waals surface area contributed by atoms with Gasteiger partial charge in [0, 0.05) is 43.7 Å². The van der Waals surface area contributed by atoms with Gasteiger partial charge in [-0.3, -0.25) is 19.1 Å². The standard InChI is InChI=1S/C25H27F3N6O3/c1-33-14-19(13-31-33)34-15-20(22(32-34)25(26,27)28)24(37)30-12-11-29-23(36)18-9-7-17(8-10-18)21(35)16-5-3-2-4-6-16/h2-6,13-15,17-18H,7-12H2,1H3,(H,29,36)(H,30,37). The van der Waals surface area contributed by atoms with Gasteiger partial charge in [-0.15, -0.1) is 0 Å². The van der Waals surface area contributed by atoms with E-state index in [0.29, 0.717) is 31.2 Å². The molecular formula is C25H27F3N6O3. The molecule has 0 saturated heterocycles. The summed E-state index contributed by atoms with van der Waals surface area (Å²) in [5, 5.41) is 12.6. The molecule has 2 aromatic heterocycles. The Morgan fingerprint density at radius 3 is 2.24 bits per heavy atom. The second kappa shape index (κ2) is 11.0. The van der Waals surface area contributed by atoms with Crippen molar-refractivity contribution < 1.29 is 27.6 Å². The highest BCUT2D eigenvalue weighted by molar-refractivity contribution is 5.98. The Kier molecular flexibility index (Phi) is 7.74. The van der Waals surface area contributed by atoms with Crippen molar-refractivity contribution in [2.45, 2.75) is 31.9 Å². The number of amides is 2. The molecular weight excluding hydrogens is 489 g/mol. The Morgan fingerprint density at radius 2 is 1.62 bits per heavy atom. The van der Waals surface area contributed by atoms with Crippen LogP contribution in [0.4, 0.5) is 13.2 Å². The molecule has 4 rings (SSSR count). The van der Waals surface area contributed by atoms with Crippen LogP contribution in [0.15, 0.2) is 48.9 Å². The summed E-state index contributed by atoms with van der Waals surface area (Å²) in [4.78, 5) is 37.6. The van der Waals surface area contributed by atoms with Gasteiger partial charge in [-0.25, -0.2) is 4.68 Å². The number of hydrogen-bond donors (Lipinski definition) is 2. The van der Waals surface area contributed by atoms with E-state index >= 15 is 0 Å². The van der Waals surface area contributed by atoms with Gasteiger partial charge in [0.25, 0.3) is 5.91 Å². The summed E-state index contributed by atoms with van der Waals surface area (Å²) in [5.41, 5.74) is -0.978. The molecule has 2 heterocycles. The number of ketones is 1. The molecule has 9 nitrogen and oxygen atoms in total. The lowest BCUT2D eigenvalue weighted by molar-refractivity contribution is -0.141. The van der Waals surface area contributed by atoms with Crippen LogP contribution in [0.3, 0.4) is 0 Å². The Hall–Kier alpha value is -3.96. The minimum absolute atomic E-state index is 0.0538. The zero-order valence-electron chi connectivity index (χ0n) is 20.2. The Morgan fingerprint density at radius 1 is 0.973 bits per heavy atom. The summed E-state index contributed by atoms with van der Waals surface area (Å²) in [5.74, 6) is -1.41. The molecule has 0 radical (unpaired) electrons. The van der Waals surface area contributed by atoms with Gasteiger partial charge in [0.1, 0.15) is 5.69 Å². The second-order valence-electron chi connectivity index (χ2n) is 9.03. The number of Topliss-reactive ketones (excluding diaryl/α,β-unsaturated/α-hetero) is 1. The maximum absolute atomic E-state index is 13.5. The molecule has 2 amide bonds. The van der Waals surface area contributed by atoms with Gasteiger partial charge >= 0.3 is 6.18 Å². The normalized spacial score (nSPS) is 17.8. The van der Waals surface area contributed by atoms with Gasteiger partial charge in [-0.2, -0.15) is 23.4 Å². The van der Waals surface area contributed by atoms with Gasteiger partial charge in [-0.1, -0.05) is 30.3 Å². The maximum Gasteiger partial charge on any atom is 0.435 e. The number of aryl methyl sites for hydroxylation is 1. The van der Waals surface area contributed by atoms with Gasteiger partial charge in [0.2, 0.25) is 5.91 Å². The van der Waals surface area contributed by atoms with Crippen LogP contribution in [-0.4, -0.2) is 50.2 Å². The van der Waals surface area contributed by atoms with Gasteiger partial charge in [-0.05, 0) is 25.7 Å². The number of carbonyl (C=O) groups is 3. The fourth-order valence-electron chi connectivity index (χ4n) is 4.47. The highest BCUT2D eigenvalue weighted by atomic mass is 19.4. The van der Waals surface area contributed by atoms with Gasteiger partial charge < -0.3 is 10.6 Å². The van der Waals surface area contributed by atoms with Crippen LogP contribution < -0.4 is 10.6 Å². The fourth-order valence-corrected chi connectivity index (χ4v) is 4.47. The van der Waals surface area contributed by atoms with E-state index in [1.807, 2.05) is 18.2 Å². The average molecular weight is 517 g/mol. The minimum atomic E-state index is -4.82. The van der Waals surface area contributed by atoms with Crippen molar-refractivity contribution in [1.82, 2.24) is 30.2 Å². The number of benzene rings is 1. The highest BCUT2D eigenvalue weighted by Gasteiger charge is 2.39. The third-order valence-electron chi connectivity index (χ3n) is 6.42. The average Bonchev–Trinajstić information content (AvgIpc) is 3.53. The molecule has 196 valence electrons. The summed E-state index contributed by atoms with van der Waals surface area (Å²) < 4.78 is 42.7. The molecule has 12 heteroatoms. The van der Waals surface area contributed by atoms with Crippen molar-refractivity contribution >= 4 is 17.6 Å². The number of alkyl halides is 3. The Balaban J connectivity index is 1.25. The van der Waals surface area contributed by atoms with Crippen molar-refractivity contribution in [3.63, 3.8) is 0 Å².